The minimum Gasteiger partial charge on any atom is -0.493 e. The number of benzene rings is 3. The number of carbonyl (C=O) groups excluding carboxylic acids is 1. The molecule has 0 fully saturated rings. The highest BCUT2D eigenvalue weighted by molar-refractivity contribution is 5.81. The molecule has 0 radical (unpaired) electrons. The number of amides is 1. The molecule has 2 N–H and O–H groups in total. The number of hydrogen-bond donors (Lipinski definition) is 2. The van der Waals surface area contributed by atoms with Gasteiger partial charge in [0.15, 0.2) is 11.6 Å². The van der Waals surface area contributed by atoms with Crippen molar-refractivity contribution >= 4 is 12.1 Å². The third kappa shape index (κ3) is 4.37. The first-order valence-electron chi connectivity index (χ1n) is 10.3. The molecular formula is C25H21F2NO5. The number of carbonyl (C=O) groups is 2. The van der Waals surface area contributed by atoms with E-state index in [1.807, 2.05) is 48.5 Å². The Bertz CT molecular complexity index is 1170. The molecule has 8 heteroatoms. The first-order chi connectivity index (χ1) is 15.9. The molecule has 170 valence electrons. The van der Waals surface area contributed by atoms with Crippen molar-refractivity contribution in [3.8, 4) is 16.9 Å². The average Bonchev–Trinajstić information content (AvgIpc) is 3.13. The zero-order valence-electron chi connectivity index (χ0n) is 17.7. The van der Waals surface area contributed by atoms with Gasteiger partial charge in [0.25, 0.3) is 0 Å². The van der Waals surface area contributed by atoms with E-state index in [1.54, 1.807) is 0 Å². The van der Waals surface area contributed by atoms with Crippen LogP contribution in [0.2, 0.25) is 0 Å². The molecule has 0 heterocycles. The number of rotatable bonds is 7. The maximum absolute atomic E-state index is 14.2. The first kappa shape index (κ1) is 22.3. The predicted octanol–water partition coefficient (Wildman–Crippen LogP) is 4.51. The SMILES string of the molecule is COc1c(F)ccc(F)c1CC(NC(=O)OCC1c2ccccc2-c2ccccc21)C(=O)O. The topological polar surface area (TPSA) is 84.9 Å². The number of fused-ring (bicyclic) bond motifs is 3. The highest BCUT2D eigenvalue weighted by atomic mass is 19.1. The molecule has 1 aliphatic rings. The summed E-state index contributed by atoms with van der Waals surface area (Å²) in [5.41, 5.74) is 3.84. The monoisotopic (exact) mass is 453 g/mol. The van der Waals surface area contributed by atoms with E-state index in [0.717, 1.165) is 41.5 Å². The second-order valence-corrected chi connectivity index (χ2v) is 7.61. The molecular weight excluding hydrogens is 432 g/mol. The average molecular weight is 453 g/mol. The third-order valence-corrected chi connectivity index (χ3v) is 5.70. The minimum atomic E-state index is -1.55. The summed E-state index contributed by atoms with van der Waals surface area (Å²) in [6.07, 6.45) is -1.49. The Morgan fingerprint density at radius 1 is 0.970 bits per heavy atom. The van der Waals surface area contributed by atoms with E-state index in [-0.39, 0.29) is 18.1 Å². The fraction of sp³-hybridized carbons (Fsp3) is 0.200. The third-order valence-electron chi connectivity index (χ3n) is 5.70. The molecule has 33 heavy (non-hydrogen) atoms. The van der Waals surface area contributed by atoms with Crippen LogP contribution in [0.4, 0.5) is 13.6 Å². The Kier molecular flexibility index (Phi) is 6.26. The van der Waals surface area contributed by atoms with Crippen LogP contribution in [0.3, 0.4) is 0 Å². The van der Waals surface area contributed by atoms with Crippen LogP contribution in [0.15, 0.2) is 60.7 Å². The molecule has 1 aliphatic carbocycles. The Labute approximate surface area is 188 Å². The number of methoxy groups -OCH3 is 1. The van der Waals surface area contributed by atoms with Crippen LogP contribution in [-0.4, -0.2) is 36.9 Å². The Morgan fingerprint density at radius 2 is 1.55 bits per heavy atom. The van der Waals surface area contributed by atoms with Crippen LogP contribution in [0.5, 0.6) is 5.75 Å². The fourth-order valence-corrected chi connectivity index (χ4v) is 4.17. The molecule has 0 bridgehead atoms. The highest BCUT2D eigenvalue weighted by Gasteiger charge is 2.30. The van der Waals surface area contributed by atoms with Gasteiger partial charge in [0.1, 0.15) is 18.5 Å². The molecule has 1 amide bonds. The van der Waals surface area contributed by atoms with Gasteiger partial charge in [-0.25, -0.2) is 18.4 Å². The van der Waals surface area contributed by atoms with E-state index in [1.165, 1.54) is 0 Å². The summed E-state index contributed by atoms with van der Waals surface area (Å²) in [5, 5.41) is 11.7. The van der Waals surface area contributed by atoms with Crippen molar-refractivity contribution < 1.29 is 33.0 Å². The predicted molar refractivity (Wildman–Crippen MR) is 116 cm³/mol. The Balaban J connectivity index is 1.47. The second kappa shape index (κ2) is 9.28. The van der Waals surface area contributed by atoms with Crippen molar-refractivity contribution in [3.63, 3.8) is 0 Å². The van der Waals surface area contributed by atoms with Crippen LogP contribution < -0.4 is 10.1 Å². The van der Waals surface area contributed by atoms with E-state index in [4.69, 9.17) is 9.47 Å². The molecule has 4 rings (SSSR count). The van der Waals surface area contributed by atoms with Crippen molar-refractivity contribution in [1.82, 2.24) is 5.32 Å². The normalized spacial score (nSPS) is 13.1. The van der Waals surface area contributed by atoms with Gasteiger partial charge in [-0.05, 0) is 34.4 Å². The number of carboxylic acids is 1. The lowest BCUT2D eigenvalue weighted by atomic mass is 9.98. The number of carboxylic acid groups (broad SMARTS) is 1. The molecule has 3 aromatic rings. The van der Waals surface area contributed by atoms with Gasteiger partial charge in [0.05, 0.1) is 7.11 Å². The highest BCUT2D eigenvalue weighted by Crippen LogP contribution is 2.44. The van der Waals surface area contributed by atoms with Crippen molar-refractivity contribution in [2.75, 3.05) is 13.7 Å². The summed E-state index contributed by atoms with van der Waals surface area (Å²) in [6.45, 7) is -0.0101. The maximum Gasteiger partial charge on any atom is 0.407 e. The second-order valence-electron chi connectivity index (χ2n) is 7.61. The zero-order valence-corrected chi connectivity index (χ0v) is 17.7. The minimum absolute atomic E-state index is 0.0101. The first-order valence-corrected chi connectivity index (χ1v) is 10.3. The van der Waals surface area contributed by atoms with Crippen LogP contribution in [0.1, 0.15) is 22.6 Å². The van der Waals surface area contributed by atoms with Gasteiger partial charge < -0.3 is 19.9 Å². The van der Waals surface area contributed by atoms with Crippen molar-refractivity contribution in [2.24, 2.45) is 0 Å². The van der Waals surface area contributed by atoms with Gasteiger partial charge in [-0.3, -0.25) is 0 Å². The molecule has 0 spiro atoms. The maximum atomic E-state index is 14.2. The Hall–Kier alpha value is -3.94. The van der Waals surface area contributed by atoms with E-state index >= 15 is 0 Å². The lowest BCUT2D eigenvalue weighted by Gasteiger charge is -2.19. The summed E-state index contributed by atoms with van der Waals surface area (Å²) in [6, 6.07) is 15.8. The van der Waals surface area contributed by atoms with Crippen LogP contribution in [0, 0.1) is 11.6 Å². The number of aliphatic carboxylic acids is 1. The van der Waals surface area contributed by atoms with Crippen LogP contribution in [-0.2, 0) is 16.0 Å². The molecule has 0 saturated carbocycles. The van der Waals surface area contributed by atoms with Gasteiger partial charge in [0.2, 0.25) is 0 Å². The van der Waals surface area contributed by atoms with Crippen LogP contribution >= 0.6 is 0 Å². The van der Waals surface area contributed by atoms with E-state index in [9.17, 15) is 23.5 Å². The van der Waals surface area contributed by atoms with Crippen molar-refractivity contribution in [2.45, 2.75) is 18.4 Å². The zero-order chi connectivity index (χ0) is 23.5. The van der Waals surface area contributed by atoms with Gasteiger partial charge >= 0.3 is 12.1 Å². The van der Waals surface area contributed by atoms with Gasteiger partial charge in [-0.1, -0.05) is 48.5 Å². The lowest BCUT2D eigenvalue weighted by Crippen LogP contribution is -2.43. The number of hydrogen-bond acceptors (Lipinski definition) is 4. The van der Waals surface area contributed by atoms with E-state index < -0.39 is 41.9 Å². The molecule has 0 aliphatic heterocycles. The molecule has 0 aromatic heterocycles. The molecule has 1 atom stereocenters. The summed E-state index contributed by atoms with van der Waals surface area (Å²) in [7, 11) is 1.15. The number of alkyl carbamates (subject to hydrolysis) is 1. The van der Waals surface area contributed by atoms with Crippen molar-refractivity contribution in [1.29, 1.82) is 0 Å². The van der Waals surface area contributed by atoms with Gasteiger partial charge in [-0.15, -0.1) is 0 Å². The molecule has 3 aromatic carbocycles. The van der Waals surface area contributed by atoms with E-state index in [2.05, 4.69) is 5.32 Å². The quantitative estimate of drug-likeness (QED) is 0.550. The number of nitrogens with one attached hydrogen (secondary N) is 1. The largest absolute Gasteiger partial charge is 0.493 e. The number of ether oxygens (including phenoxy) is 2. The Morgan fingerprint density at radius 3 is 2.12 bits per heavy atom. The van der Waals surface area contributed by atoms with Crippen molar-refractivity contribution in [3.05, 3.63) is 89.0 Å². The standard InChI is InChI=1S/C25H21F2NO5/c1-32-23-18(20(26)10-11-21(23)27)12-22(24(29)30)28-25(31)33-13-19-16-8-4-2-6-14(16)15-7-3-5-9-17(15)19/h2-11,19,22H,12-13H2,1H3,(H,28,31)(H,29,30). The summed E-state index contributed by atoms with van der Waals surface area (Å²) < 4.78 is 38.4. The smallest absolute Gasteiger partial charge is 0.407 e. The summed E-state index contributed by atoms with van der Waals surface area (Å²) >= 11 is 0. The van der Waals surface area contributed by atoms with E-state index in [0.29, 0.717) is 0 Å². The lowest BCUT2D eigenvalue weighted by molar-refractivity contribution is -0.139. The molecule has 1 unspecified atom stereocenters. The molecule has 0 saturated heterocycles. The number of halogens is 2. The van der Waals surface area contributed by atoms with Gasteiger partial charge in [-0.2, -0.15) is 0 Å². The van der Waals surface area contributed by atoms with Gasteiger partial charge in [0, 0.05) is 17.9 Å². The van der Waals surface area contributed by atoms with Crippen LogP contribution in [0.25, 0.3) is 11.1 Å². The summed E-state index contributed by atoms with van der Waals surface area (Å²) in [5.74, 6) is -3.70. The fourth-order valence-electron chi connectivity index (χ4n) is 4.17. The molecule has 6 nitrogen and oxygen atoms in total. The summed E-state index contributed by atoms with van der Waals surface area (Å²) in [4.78, 5) is 24.1.